The van der Waals surface area contributed by atoms with Crippen LogP contribution in [-0.2, 0) is 0 Å². The first-order chi connectivity index (χ1) is 4.22. The van der Waals surface area contributed by atoms with Gasteiger partial charge in [-0.15, -0.1) is 0 Å². The van der Waals surface area contributed by atoms with Crippen LogP contribution in [0.4, 0.5) is 4.79 Å². The van der Waals surface area contributed by atoms with Gasteiger partial charge in [0.15, 0.2) is 6.23 Å². The van der Waals surface area contributed by atoms with Crippen molar-refractivity contribution < 1.29 is 15.1 Å². The average molecular weight is 130 g/mol. The van der Waals surface area contributed by atoms with Gasteiger partial charge in [0.05, 0.1) is 0 Å². The molecule has 1 unspecified atom stereocenters. The molecule has 0 bridgehead atoms. The van der Waals surface area contributed by atoms with Crippen molar-refractivity contribution in [3.63, 3.8) is 0 Å². The van der Waals surface area contributed by atoms with Crippen LogP contribution in [0.1, 0.15) is 0 Å². The van der Waals surface area contributed by atoms with Crippen molar-refractivity contribution in [3.8, 4) is 0 Å². The van der Waals surface area contributed by atoms with Crippen molar-refractivity contribution in [1.29, 1.82) is 0 Å². The largest absolute Gasteiger partial charge is 0.368 e. The van der Waals surface area contributed by atoms with Gasteiger partial charge in [-0.25, -0.2) is 4.79 Å². The number of nitrogens with zero attached hydrogens (tertiary/aromatic N) is 1. The highest BCUT2D eigenvalue weighted by molar-refractivity contribution is 5.75. The highest BCUT2D eigenvalue weighted by Gasteiger charge is 2.19. The molecule has 0 saturated heterocycles. The first-order valence-corrected chi connectivity index (χ1v) is 2.35. The van der Waals surface area contributed by atoms with Crippen LogP contribution in [0, 0.1) is 0 Å². The van der Waals surface area contributed by atoms with Gasteiger partial charge in [-0.05, 0) is 6.08 Å². The third-order valence-electron chi connectivity index (χ3n) is 0.934. The quantitative estimate of drug-likeness (QED) is 0.377. The van der Waals surface area contributed by atoms with Crippen LogP contribution in [0.2, 0.25) is 0 Å². The van der Waals surface area contributed by atoms with E-state index in [9.17, 15) is 4.79 Å². The van der Waals surface area contributed by atoms with E-state index in [1.54, 1.807) is 0 Å². The zero-order chi connectivity index (χ0) is 6.85. The number of hydroxylamine groups is 2. The zero-order valence-corrected chi connectivity index (χ0v) is 4.48. The van der Waals surface area contributed by atoms with Crippen LogP contribution >= 0.6 is 0 Å². The fraction of sp³-hybridized carbons (Fsp3) is 0.250. The van der Waals surface area contributed by atoms with E-state index in [4.69, 9.17) is 10.3 Å². The van der Waals surface area contributed by atoms with E-state index in [-0.39, 0.29) is 5.06 Å². The number of carbonyl (C=O) groups is 1. The Morgan fingerprint density at radius 1 is 1.78 bits per heavy atom. The van der Waals surface area contributed by atoms with Gasteiger partial charge in [-0.3, -0.25) is 5.21 Å². The van der Waals surface area contributed by atoms with Crippen LogP contribution in [0.15, 0.2) is 12.3 Å². The van der Waals surface area contributed by atoms with Gasteiger partial charge < -0.3 is 10.4 Å². The molecule has 50 valence electrons. The second kappa shape index (κ2) is 2.04. The van der Waals surface area contributed by atoms with Crippen LogP contribution < -0.4 is 5.32 Å². The van der Waals surface area contributed by atoms with Crippen molar-refractivity contribution in [2.45, 2.75) is 6.23 Å². The third kappa shape index (κ3) is 1.01. The predicted octanol–water partition coefficient (Wildman–Crippen LogP) is -0.767. The molecule has 1 rings (SSSR count). The lowest BCUT2D eigenvalue weighted by Gasteiger charge is -2.21. The Kier molecular flexibility index (Phi) is 1.37. The first kappa shape index (κ1) is 6.06. The molecular formula is C4H6N2O3. The number of carbonyl (C=O) groups excluding carboxylic acids is 1. The van der Waals surface area contributed by atoms with Crippen molar-refractivity contribution in [1.82, 2.24) is 10.4 Å². The highest BCUT2D eigenvalue weighted by Crippen LogP contribution is 1.97. The molecule has 1 heterocycles. The second-order valence-electron chi connectivity index (χ2n) is 1.57. The van der Waals surface area contributed by atoms with Gasteiger partial charge in [0, 0.05) is 6.20 Å². The van der Waals surface area contributed by atoms with Crippen molar-refractivity contribution in [3.05, 3.63) is 12.3 Å². The molecule has 0 aromatic heterocycles. The van der Waals surface area contributed by atoms with E-state index in [2.05, 4.69) is 5.32 Å². The number of hydrogen-bond acceptors (Lipinski definition) is 3. The third-order valence-corrected chi connectivity index (χ3v) is 0.934. The molecule has 1 atom stereocenters. The summed E-state index contributed by atoms with van der Waals surface area (Å²) in [7, 11) is 0. The average Bonchev–Trinajstić information content (AvgIpc) is 1.83. The molecule has 1 aliphatic heterocycles. The van der Waals surface area contributed by atoms with Crippen LogP contribution in [0.3, 0.4) is 0 Å². The Hall–Kier alpha value is -1.07. The van der Waals surface area contributed by atoms with Crippen LogP contribution in [-0.4, -0.2) is 27.6 Å². The lowest BCUT2D eigenvalue weighted by molar-refractivity contribution is -0.134. The summed E-state index contributed by atoms with van der Waals surface area (Å²) in [6, 6.07) is -0.731. The summed E-state index contributed by atoms with van der Waals surface area (Å²) in [6.07, 6.45) is 1.28. The summed E-state index contributed by atoms with van der Waals surface area (Å²) in [5, 5.41) is 19.6. The Balaban J connectivity index is 2.69. The Morgan fingerprint density at radius 2 is 2.44 bits per heavy atom. The lowest BCUT2D eigenvalue weighted by Crippen LogP contribution is -2.44. The minimum Gasteiger partial charge on any atom is -0.368 e. The normalized spacial score (nSPS) is 26.2. The summed E-state index contributed by atoms with van der Waals surface area (Å²) >= 11 is 0. The first-order valence-electron chi connectivity index (χ1n) is 2.35. The Morgan fingerprint density at radius 3 is 2.89 bits per heavy atom. The van der Waals surface area contributed by atoms with E-state index < -0.39 is 12.3 Å². The molecule has 9 heavy (non-hydrogen) atoms. The maximum atomic E-state index is 10.4. The summed E-state index contributed by atoms with van der Waals surface area (Å²) < 4.78 is 0. The topological polar surface area (TPSA) is 72.8 Å². The number of hydrogen-bond donors (Lipinski definition) is 3. The van der Waals surface area contributed by atoms with Gasteiger partial charge in [0.1, 0.15) is 0 Å². The van der Waals surface area contributed by atoms with Gasteiger partial charge in [-0.1, -0.05) is 0 Å². The molecule has 0 aliphatic carbocycles. The highest BCUT2D eigenvalue weighted by atomic mass is 16.6. The summed E-state index contributed by atoms with van der Waals surface area (Å²) in [5.41, 5.74) is 0. The lowest BCUT2D eigenvalue weighted by atomic mass is 10.5. The molecule has 5 nitrogen and oxygen atoms in total. The molecule has 1 aliphatic rings. The number of rotatable bonds is 0. The predicted molar refractivity (Wildman–Crippen MR) is 27.3 cm³/mol. The van der Waals surface area contributed by atoms with E-state index >= 15 is 0 Å². The Labute approximate surface area is 51.2 Å². The van der Waals surface area contributed by atoms with E-state index in [1.807, 2.05) is 0 Å². The zero-order valence-electron chi connectivity index (χ0n) is 4.48. The second-order valence-corrected chi connectivity index (χ2v) is 1.57. The van der Waals surface area contributed by atoms with Crippen molar-refractivity contribution in [2.24, 2.45) is 0 Å². The molecule has 0 spiro atoms. The van der Waals surface area contributed by atoms with E-state index in [0.717, 1.165) is 0 Å². The van der Waals surface area contributed by atoms with Gasteiger partial charge in [0.25, 0.3) is 0 Å². The summed E-state index contributed by atoms with van der Waals surface area (Å²) in [4.78, 5) is 10.4. The number of amides is 2. The monoisotopic (exact) mass is 130 g/mol. The molecular weight excluding hydrogens is 124 g/mol. The fourth-order valence-corrected chi connectivity index (χ4v) is 0.473. The van der Waals surface area contributed by atoms with Gasteiger partial charge in [-0.2, -0.15) is 5.06 Å². The number of urea groups is 1. The summed E-state index contributed by atoms with van der Waals surface area (Å²) in [6.45, 7) is 0. The van der Waals surface area contributed by atoms with Crippen LogP contribution in [0.25, 0.3) is 0 Å². The van der Waals surface area contributed by atoms with Crippen LogP contribution in [0.5, 0.6) is 0 Å². The standard InChI is InChI=1S/C4H6N2O3/c7-3-1-2-5-4(8)6(3)9/h1-3,7,9H,(H,5,8). The SMILES string of the molecule is O=C1NC=CC(O)N1O. The molecule has 0 saturated carbocycles. The van der Waals surface area contributed by atoms with E-state index in [1.165, 1.54) is 12.3 Å². The van der Waals surface area contributed by atoms with Gasteiger partial charge >= 0.3 is 6.03 Å². The van der Waals surface area contributed by atoms with Gasteiger partial charge in [0.2, 0.25) is 0 Å². The summed E-state index contributed by atoms with van der Waals surface area (Å²) in [5.74, 6) is 0. The molecule has 0 aromatic carbocycles. The molecule has 3 N–H and O–H groups in total. The molecule has 0 fully saturated rings. The van der Waals surface area contributed by atoms with Crippen molar-refractivity contribution in [2.75, 3.05) is 0 Å². The molecule has 2 amide bonds. The minimum absolute atomic E-state index is 0.194. The number of aliphatic hydroxyl groups is 1. The minimum atomic E-state index is -1.22. The number of nitrogens with one attached hydrogen (secondary N) is 1. The smallest absolute Gasteiger partial charge is 0.347 e. The molecule has 5 heteroatoms. The maximum absolute atomic E-state index is 10.4. The number of aliphatic hydroxyl groups excluding tert-OH is 1. The maximum Gasteiger partial charge on any atom is 0.347 e. The fourth-order valence-electron chi connectivity index (χ4n) is 0.473. The molecule has 0 radical (unpaired) electrons. The van der Waals surface area contributed by atoms with Crippen molar-refractivity contribution >= 4 is 6.03 Å². The van der Waals surface area contributed by atoms with E-state index in [0.29, 0.717) is 0 Å². The molecule has 0 aromatic rings. The Bertz CT molecular complexity index is 156.